The van der Waals surface area contributed by atoms with E-state index in [0.717, 1.165) is 0 Å². The summed E-state index contributed by atoms with van der Waals surface area (Å²) in [7, 11) is 0. The molecule has 0 aliphatic heterocycles. The molecule has 11 heteroatoms. The molecule has 0 unspecified atom stereocenters. The summed E-state index contributed by atoms with van der Waals surface area (Å²) in [5.74, 6) is -6.18. The molecule has 0 amide bonds. The first kappa shape index (κ1) is 28.0. The monoisotopic (exact) mass is 493 g/mol. The maximum Gasteiger partial charge on any atom is 2.00 e. The standard InChI is InChI=1S/2C10H6F3O2.Cu/c2*11-10(12,13)9(15)6-8(14)7-4-2-1-3-5-7;/h2*1-6H;/q2*-1;+2. The Kier molecular flexibility index (Phi) is 10.8. The summed E-state index contributed by atoms with van der Waals surface area (Å²) in [6.45, 7) is 0. The summed E-state index contributed by atoms with van der Waals surface area (Å²) >= 11 is 0. The Morgan fingerprint density at radius 2 is 0.806 bits per heavy atom. The smallest absolute Gasteiger partial charge is 0.331 e. The van der Waals surface area contributed by atoms with Crippen LogP contribution in [-0.2, 0) is 26.7 Å². The van der Waals surface area contributed by atoms with Crippen molar-refractivity contribution in [3.05, 3.63) is 84.6 Å². The average molecular weight is 494 g/mol. The van der Waals surface area contributed by atoms with Gasteiger partial charge in [0.05, 0.1) is 0 Å². The van der Waals surface area contributed by atoms with E-state index in [2.05, 4.69) is 0 Å². The molecule has 0 heterocycles. The second-order valence-electron chi connectivity index (χ2n) is 5.47. The van der Waals surface area contributed by atoms with Gasteiger partial charge in [0, 0.05) is 11.6 Å². The van der Waals surface area contributed by atoms with E-state index < -0.39 is 35.5 Å². The van der Waals surface area contributed by atoms with E-state index in [1.807, 2.05) is 0 Å². The Labute approximate surface area is 183 Å². The quantitative estimate of drug-likeness (QED) is 0.197. The molecule has 1 radical (unpaired) electrons. The van der Waals surface area contributed by atoms with Gasteiger partial charge in [0.2, 0.25) is 0 Å². The Morgan fingerprint density at radius 1 is 0.548 bits per heavy atom. The van der Waals surface area contributed by atoms with Crippen LogP contribution < -0.4 is 0 Å². The van der Waals surface area contributed by atoms with Gasteiger partial charge in [-0.2, -0.15) is 26.3 Å². The van der Waals surface area contributed by atoms with Crippen LogP contribution in [-0.4, -0.2) is 35.5 Å². The molecule has 2 rings (SSSR count). The van der Waals surface area contributed by atoms with Crippen LogP contribution in [0.2, 0.25) is 0 Å². The first-order chi connectivity index (χ1) is 13.8. The molecule has 169 valence electrons. The van der Waals surface area contributed by atoms with Crippen molar-refractivity contribution in [2.45, 2.75) is 12.4 Å². The van der Waals surface area contributed by atoms with Gasteiger partial charge in [0.1, 0.15) is 0 Å². The summed E-state index contributed by atoms with van der Waals surface area (Å²) < 4.78 is 70.8. The zero-order chi connectivity index (χ0) is 22.9. The Morgan fingerprint density at radius 3 is 1.03 bits per heavy atom. The Balaban J connectivity index is 0.000000562. The van der Waals surface area contributed by atoms with Crippen molar-refractivity contribution >= 4 is 23.1 Å². The van der Waals surface area contributed by atoms with Crippen molar-refractivity contribution in [1.29, 1.82) is 0 Å². The summed E-state index contributed by atoms with van der Waals surface area (Å²) in [5, 5.41) is 0. The third-order valence-corrected chi connectivity index (χ3v) is 3.20. The Hall–Kier alpha value is -3.04. The molecule has 0 bridgehead atoms. The summed E-state index contributed by atoms with van der Waals surface area (Å²) in [6, 6.07) is 14.6. The predicted molar refractivity (Wildman–Crippen MR) is 92.3 cm³/mol. The molecule has 0 aromatic heterocycles. The molecule has 31 heavy (non-hydrogen) atoms. The van der Waals surface area contributed by atoms with Crippen molar-refractivity contribution < 1.29 is 62.6 Å². The molecule has 0 aliphatic rings. The molecular formula is C20H12CuF6O4. The van der Waals surface area contributed by atoms with E-state index in [9.17, 15) is 45.5 Å². The maximum atomic E-state index is 11.8. The zero-order valence-corrected chi connectivity index (χ0v) is 16.1. The third kappa shape index (κ3) is 10.0. The van der Waals surface area contributed by atoms with Crippen LogP contribution in [0.4, 0.5) is 26.3 Å². The van der Waals surface area contributed by atoms with E-state index >= 15 is 0 Å². The topological polar surface area (TPSA) is 68.3 Å². The van der Waals surface area contributed by atoms with Crippen LogP contribution in [0, 0.1) is 12.8 Å². The number of benzene rings is 2. The van der Waals surface area contributed by atoms with Crippen molar-refractivity contribution in [2.24, 2.45) is 0 Å². The van der Waals surface area contributed by atoms with Gasteiger partial charge in [-0.1, -0.05) is 36.4 Å². The number of Topliss-reactive ketones (excluding diaryl/α,β-unsaturated/α-hetero) is 4. The fourth-order valence-electron chi connectivity index (χ4n) is 1.77. The number of ketones is 4. The molecular weight excluding hydrogens is 482 g/mol. The fourth-order valence-corrected chi connectivity index (χ4v) is 1.77. The minimum Gasteiger partial charge on any atom is -0.331 e. The number of alkyl halides is 6. The number of halogens is 6. The molecule has 0 aliphatic carbocycles. The first-order valence-corrected chi connectivity index (χ1v) is 7.93. The number of rotatable bonds is 6. The van der Waals surface area contributed by atoms with E-state index in [1.54, 1.807) is 12.1 Å². The van der Waals surface area contributed by atoms with E-state index in [1.165, 1.54) is 48.5 Å². The zero-order valence-electron chi connectivity index (χ0n) is 15.1. The van der Waals surface area contributed by atoms with Crippen molar-refractivity contribution in [3.8, 4) is 0 Å². The van der Waals surface area contributed by atoms with Crippen LogP contribution >= 0.6 is 0 Å². The fraction of sp³-hybridized carbons (Fsp3) is 0.100. The molecule has 2 aromatic carbocycles. The molecule has 0 atom stereocenters. The minimum atomic E-state index is -5.00. The van der Waals surface area contributed by atoms with E-state index in [-0.39, 0.29) is 41.0 Å². The van der Waals surface area contributed by atoms with Crippen LogP contribution in [0.15, 0.2) is 60.7 Å². The van der Waals surface area contributed by atoms with Crippen LogP contribution in [0.5, 0.6) is 0 Å². The molecule has 0 spiro atoms. The molecule has 0 saturated carbocycles. The third-order valence-electron chi connectivity index (χ3n) is 3.20. The number of carbonyl (C=O) groups is 4. The van der Waals surface area contributed by atoms with Gasteiger partial charge in [-0.05, 0) is 0 Å². The van der Waals surface area contributed by atoms with Gasteiger partial charge in [0.25, 0.3) is 0 Å². The Bertz CT molecular complexity index is 818. The summed E-state index contributed by atoms with van der Waals surface area (Å²) in [5.41, 5.74) is 0.102. The molecule has 2 aromatic rings. The number of hydrogen-bond acceptors (Lipinski definition) is 4. The van der Waals surface area contributed by atoms with Gasteiger partial charge >= 0.3 is 29.4 Å². The first-order valence-electron chi connectivity index (χ1n) is 7.93. The summed E-state index contributed by atoms with van der Waals surface area (Å²) in [6.07, 6.45) is -9.89. The van der Waals surface area contributed by atoms with Crippen molar-refractivity contribution in [1.82, 2.24) is 0 Å². The van der Waals surface area contributed by atoms with Gasteiger partial charge < -0.3 is 19.2 Å². The number of carbonyl (C=O) groups excluding carboxylic acids is 4. The summed E-state index contributed by atoms with van der Waals surface area (Å²) in [4.78, 5) is 43.1. The molecule has 4 nitrogen and oxygen atoms in total. The largest absolute Gasteiger partial charge is 2.00 e. The second kappa shape index (κ2) is 12.0. The number of hydrogen-bond donors (Lipinski definition) is 0. The molecule has 0 fully saturated rings. The maximum absolute atomic E-state index is 11.8. The van der Waals surface area contributed by atoms with Gasteiger partial charge in [-0.25, -0.2) is 0 Å². The van der Waals surface area contributed by atoms with Crippen molar-refractivity contribution in [3.63, 3.8) is 0 Å². The second-order valence-corrected chi connectivity index (χ2v) is 5.47. The van der Waals surface area contributed by atoms with E-state index in [4.69, 9.17) is 0 Å². The molecule has 0 saturated heterocycles. The van der Waals surface area contributed by atoms with Crippen LogP contribution in [0.1, 0.15) is 20.7 Å². The van der Waals surface area contributed by atoms with Crippen molar-refractivity contribution in [2.75, 3.05) is 0 Å². The molecule has 0 N–H and O–H groups in total. The SMILES string of the molecule is O=C([CH-]C(=O)C(F)(F)F)c1ccccc1.O=C([CH-]C(=O)C(F)(F)F)c1ccccc1.[Cu+2]. The minimum absolute atomic E-state index is 0. The average Bonchev–Trinajstić information content (AvgIpc) is 2.68. The van der Waals surface area contributed by atoms with Crippen LogP contribution in [0.25, 0.3) is 0 Å². The van der Waals surface area contributed by atoms with Gasteiger partial charge in [-0.3, -0.25) is 0 Å². The van der Waals surface area contributed by atoms with Gasteiger partial charge in [-0.15, -0.1) is 48.2 Å². The normalized spacial score (nSPS) is 10.5. The van der Waals surface area contributed by atoms with Gasteiger partial charge in [0.15, 0.2) is 11.6 Å². The predicted octanol–water partition coefficient (Wildman–Crippen LogP) is 4.41. The van der Waals surface area contributed by atoms with Crippen LogP contribution in [0.3, 0.4) is 0 Å². The van der Waals surface area contributed by atoms with E-state index in [0.29, 0.717) is 0 Å².